The Kier molecular flexibility index (Phi) is 4.43. The van der Waals surface area contributed by atoms with Crippen LogP contribution in [0.4, 0.5) is 0 Å². The fourth-order valence-corrected chi connectivity index (χ4v) is 2.37. The first-order chi connectivity index (χ1) is 8.33. The normalized spacial score (nSPS) is 16.8. The molecule has 0 radical (unpaired) electrons. The van der Waals surface area contributed by atoms with Crippen molar-refractivity contribution in [1.82, 2.24) is 5.32 Å². The predicted molar refractivity (Wildman–Crippen MR) is 71.5 cm³/mol. The van der Waals surface area contributed by atoms with Crippen molar-refractivity contribution in [3.05, 3.63) is 29.8 Å². The van der Waals surface area contributed by atoms with Gasteiger partial charge >= 0.3 is 0 Å². The van der Waals surface area contributed by atoms with Crippen LogP contribution in [-0.4, -0.2) is 20.2 Å². The smallest absolute Gasteiger partial charge is 0.118 e. The maximum atomic E-state index is 5.19. The van der Waals surface area contributed by atoms with Crippen molar-refractivity contribution in [3.63, 3.8) is 0 Å². The van der Waals surface area contributed by atoms with Gasteiger partial charge in [-0.05, 0) is 61.9 Å². The third-order valence-corrected chi connectivity index (χ3v) is 3.60. The Labute approximate surface area is 104 Å². The largest absolute Gasteiger partial charge is 0.497 e. The molecule has 2 heteroatoms. The number of hydrogen-bond acceptors (Lipinski definition) is 2. The molecular weight excluding hydrogens is 210 g/mol. The second kappa shape index (κ2) is 6.06. The average molecular weight is 233 g/mol. The molecule has 1 aliphatic carbocycles. The molecule has 0 saturated heterocycles. The third-order valence-electron chi connectivity index (χ3n) is 3.60. The molecule has 2 nitrogen and oxygen atoms in total. The molecule has 1 aromatic carbocycles. The third kappa shape index (κ3) is 3.74. The summed E-state index contributed by atoms with van der Waals surface area (Å²) in [4.78, 5) is 0. The van der Waals surface area contributed by atoms with Crippen molar-refractivity contribution < 1.29 is 4.74 Å². The first kappa shape index (κ1) is 12.4. The van der Waals surface area contributed by atoms with E-state index in [1.165, 1.54) is 24.8 Å². The van der Waals surface area contributed by atoms with Gasteiger partial charge in [-0.15, -0.1) is 0 Å². The van der Waals surface area contributed by atoms with E-state index >= 15 is 0 Å². The standard InChI is InChI=1S/C15H23NO/c1-3-16-11-14(13-6-7-13)10-12-4-8-15(17-2)9-5-12/h4-5,8-9,13-14,16H,3,6-7,10-11H2,1-2H3. The van der Waals surface area contributed by atoms with Gasteiger partial charge in [-0.2, -0.15) is 0 Å². The summed E-state index contributed by atoms with van der Waals surface area (Å²) in [5.41, 5.74) is 1.43. The highest BCUT2D eigenvalue weighted by atomic mass is 16.5. The summed E-state index contributed by atoms with van der Waals surface area (Å²) in [7, 11) is 1.72. The molecule has 0 amide bonds. The van der Waals surface area contributed by atoms with Crippen molar-refractivity contribution in [2.75, 3.05) is 20.2 Å². The van der Waals surface area contributed by atoms with Gasteiger partial charge in [0.25, 0.3) is 0 Å². The zero-order valence-electron chi connectivity index (χ0n) is 10.9. The number of ether oxygens (including phenoxy) is 1. The van der Waals surface area contributed by atoms with Crippen LogP contribution in [0.1, 0.15) is 25.3 Å². The highest BCUT2D eigenvalue weighted by Gasteiger charge is 2.30. The summed E-state index contributed by atoms with van der Waals surface area (Å²) >= 11 is 0. The van der Waals surface area contributed by atoms with Crippen molar-refractivity contribution in [3.8, 4) is 5.75 Å². The van der Waals surface area contributed by atoms with Crippen molar-refractivity contribution >= 4 is 0 Å². The zero-order chi connectivity index (χ0) is 12.1. The molecule has 0 heterocycles. The van der Waals surface area contributed by atoms with Gasteiger partial charge in [0.05, 0.1) is 7.11 Å². The summed E-state index contributed by atoms with van der Waals surface area (Å²) in [5, 5.41) is 3.49. The van der Waals surface area contributed by atoms with Gasteiger partial charge in [0.15, 0.2) is 0 Å². The molecule has 1 fully saturated rings. The van der Waals surface area contributed by atoms with Crippen molar-refractivity contribution in [2.24, 2.45) is 11.8 Å². The molecule has 2 rings (SSSR count). The SMILES string of the molecule is CCNCC(Cc1ccc(OC)cc1)C1CC1. The monoisotopic (exact) mass is 233 g/mol. The first-order valence-corrected chi connectivity index (χ1v) is 6.67. The van der Waals surface area contributed by atoms with Gasteiger partial charge in [0.2, 0.25) is 0 Å². The highest BCUT2D eigenvalue weighted by molar-refractivity contribution is 5.27. The number of nitrogens with one attached hydrogen (secondary N) is 1. The van der Waals surface area contributed by atoms with Crippen LogP contribution in [0.2, 0.25) is 0 Å². The minimum absolute atomic E-state index is 0.809. The quantitative estimate of drug-likeness (QED) is 0.782. The predicted octanol–water partition coefficient (Wildman–Crippen LogP) is 2.87. The van der Waals surface area contributed by atoms with Crippen LogP contribution in [0.15, 0.2) is 24.3 Å². The minimum atomic E-state index is 0.809. The van der Waals surface area contributed by atoms with E-state index in [-0.39, 0.29) is 0 Å². The van der Waals surface area contributed by atoms with Crippen molar-refractivity contribution in [1.29, 1.82) is 0 Å². The molecule has 1 aliphatic rings. The Morgan fingerprint density at radius 1 is 1.29 bits per heavy atom. The van der Waals surface area contributed by atoms with Gasteiger partial charge in [-0.25, -0.2) is 0 Å². The molecule has 0 spiro atoms. The molecule has 0 aromatic heterocycles. The van der Waals surface area contributed by atoms with Gasteiger partial charge < -0.3 is 10.1 Å². The van der Waals surface area contributed by atoms with Gasteiger partial charge in [0, 0.05) is 0 Å². The Bertz CT molecular complexity index is 329. The molecule has 1 N–H and O–H groups in total. The van der Waals surface area contributed by atoms with Gasteiger partial charge in [-0.1, -0.05) is 19.1 Å². The maximum absolute atomic E-state index is 5.19. The van der Waals surface area contributed by atoms with Gasteiger partial charge in [0.1, 0.15) is 5.75 Å². The highest BCUT2D eigenvalue weighted by Crippen LogP contribution is 2.38. The summed E-state index contributed by atoms with van der Waals surface area (Å²) in [6.07, 6.45) is 4.04. The molecule has 94 valence electrons. The summed E-state index contributed by atoms with van der Waals surface area (Å²) in [6.45, 7) is 4.41. The Balaban J connectivity index is 1.91. The lowest BCUT2D eigenvalue weighted by molar-refractivity contribution is 0.413. The lowest BCUT2D eigenvalue weighted by Gasteiger charge is -2.16. The number of methoxy groups -OCH3 is 1. The number of benzene rings is 1. The van der Waals surface area contributed by atoms with Crippen LogP contribution in [0, 0.1) is 11.8 Å². The number of hydrogen-bond donors (Lipinski definition) is 1. The van der Waals surface area contributed by atoms with E-state index in [4.69, 9.17) is 4.74 Å². The van der Waals surface area contributed by atoms with E-state index in [1.807, 2.05) is 0 Å². The van der Waals surface area contributed by atoms with Crippen LogP contribution < -0.4 is 10.1 Å². The molecule has 1 unspecified atom stereocenters. The first-order valence-electron chi connectivity index (χ1n) is 6.67. The summed E-state index contributed by atoms with van der Waals surface area (Å²) < 4.78 is 5.19. The molecule has 1 atom stereocenters. The lowest BCUT2D eigenvalue weighted by atomic mass is 9.94. The average Bonchev–Trinajstić information content (AvgIpc) is 3.19. The fraction of sp³-hybridized carbons (Fsp3) is 0.600. The van der Waals surface area contributed by atoms with E-state index in [9.17, 15) is 0 Å². The van der Waals surface area contributed by atoms with Crippen LogP contribution in [0.3, 0.4) is 0 Å². The molecular formula is C15H23NO. The Hall–Kier alpha value is -1.02. The van der Waals surface area contributed by atoms with E-state index < -0.39 is 0 Å². The number of rotatable bonds is 7. The second-order valence-corrected chi connectivity index (χ2v) is 4.96. The van der Waals surface area contributed by atoms with Crippen LogP contribution in [0.25, 0.3) is 0 Å². The molecule has 1 aromatic rings. The molecule has 0 aliphatic heterocycles. The summed E-state index contributed by atoms with van der Waals surface area (Å²) in [6, 6.07) is 8.51. The zero-order valence-corrected chi connectivity index (χ0v) is 10.9. The van der Waals surface area contributed by atoms with Crippen LogP contribution in [0.5, 0.6) is 5.75 Å². The maximum Gasteiger partial charge on any atom is 0.118 e. The minimum Gasteiger partial charge on any atom is -0.497 e. The van der Waals surface area contributed by atoms with Crippen LogP contribution in [-0.2, 0) is 6.42 Å². The fourth-order valence-electron chi connectivity index (χ4n) is 2.37. The van der Waals surface area contributed by atoms with Crippen LogP contribution >= 0.6 is 0 Å². The molecule has 0 bridgehead atoms. The molecule has 17 heavy (non-hydrogen) atoms. The Morgan fingerprint density at radius 2 is 2.00 bits per heavy atom. The topological polar surface area (TPSA) is 21.3 Å². The second-order valence-electron chi connectivity index (χ2n) is 4.96. The Morgan fingerprint density at radius 3 is 2.53 bits per heavy atom. The van der Waals surface area contributed by atoms with E-state index in [2.05, 4.69) is 36.5 Å². The summed E-state index contributed by atoms with van der Waals surface area (Å²) in [5.74, 6) is 2.71. The molecule has 1 saturated carbocycles. The van der Waals surface area contributed by atoms with E-state index in [1.54, 1.807) is 7.11 Å². The van der Waals surface area contributed by atoms with Crippen molar-refractivity contribution in [2.45, 2.75) is 26.2 Å². The lowest BCUT2D eigenvalue weighted by Crippen LogP contribution is -2.25. The van der Waals surface area contributed by atoms with E-state index in [0.717, 1.165) is 30.7 Å². The van der Waals surface area contributed by atoms with Gasteiger partial charge in [-0.3, -0.25) is 0 Å². The van der Waals surface area contributed by atoms with E-state index in [0.29, 0.717) is 0 Å².